The minimum absolute atomic E-state index is 0.569. The maximum Gasteiger partial charge on any atom is 0.162 e. The van der Waals surface area contributed by atoms with E-state index in [0.29, 0.717) is 19.8 Å². The van der Waals surface area contributed by atoms with Gasteiger partial charge in [0.05, 0.1) is 18.4 Å². The number of hydrogen-bond donors (Lipinski definition) is 1. The molecule has 1 aromatic heterocycles. The van der Waals surface area contributed by atoms with Crippen LogP contribution in [0.4, 0.5) is 5.69 Å². The average Bonchev–Trinajstić information content (AvgIpc) is 3.05. The molecule has 3 aromatic rings. The highest BCUT2D eigenvalue weighted by Crippen LogP contribution is 2.34. The fourth-order valence-corrected chi connectivity index (χ4v) is 2.60. The van der Waals surface area contributed by atoms with Crippen LogP contribution >= 0.6 is 0 Å². The number of aromatic nitrogens is 3. The fourth-order valence-electron chi connectivity index (χ4n) is 2.60. The van der Waals surface area contributed by atoms with E-state index in [-0.39, 0.29) is 0 Å². The zero-order chi connectivity index (χ0) is 15.6. The van der Waals surface area contributed by atoms with Crippen molar-refractivity contribution in [3.05, 3.63) is 54.2 Å². The molecule has 116 valence electrons. The van der Waals surface area contributed by atoms with Crippen LogP contribution in [-0.4, -0.2) is 28.2 Å². The second-order valence-corrected chi connectivity index (χ2v) is 5.38. The smallest absolute Gasteiger partial charge is 0.162 e. The molecule has 0 saturated heterocycles. The van der Waals surface area contributed by atoms with Gasteiger partial charge in [-0.25, -0.2) is 4.68 Å². The topological polar surface area (TPSA) is 75.2 Å². The van der Waals surface area contributed by atoms with Gasteiger partial charge in [0.15, 0.2) is 11.5 Å². The maximum atomic E-state index is 5.73. The highest BCUT2D eigenvalue weighted by atomic mass is 16.6. The molecule has 6 nitrogen and oxygen atoms in total. The van der Waals surface area contributed by atoms with Gasteiger partial charge in [0.2, 0.25) is 0 Å². The van der Waals surface area contributed by atoms with Gasteiger partial charge in [-0.15, -0.1) is 5.10 Å². The third kappa shape index (κ3) is 2.70. The Labute approximate surface area is 133 Å². The lowest BCUT2D eigenvalue weighted by molar-refractivity contribution is 0.171. The SMILES string of the molecule is Nc1ccc(Cn2nncc2-c2ccc3c(c2)OCCO3)cc1. The number of benzene rings is 2. The minimum Gasteiger partial charge on any atom is -0.486 e. The van der Waals surface area contributed by atoms with Crippen molar-refractivity contribution < 1.29 is 9.47 Å². The normalized spacial score (nSPS) is 13.0. The molecule has 0 fully saturated rings. The zero-order valence-electron chi connectivity index (χ0n) is 12.5. The van der Waals surface area contributed by atoms with E-state index in [1.54, 1.807) is 6.20 Å². The van der Waals surface area contributed by atoms with Crippen LogP contribution in [0, 0.1) is 0 Å². The number of fused-ring (bicyclic) bond motifs is 1. The van der Waals surface area contributed by atoms with Gasteiger partial charge in [0, 0.05) is 11.3 Å². The zero-order valence-corrected chi connectivity index (χ0v) is 12.5. The number of ether oxygens (including phenoxy) is 2. The molecule has 0 spiro atoms. The van der Waals surface area contributed by atoms with E-state index >= 15 is 0 Å². The first-order valence-electron chi connectivity index (χ1n) is 7.42. The predicted molar refractivity (Wildman–Crippen MR) is 86.4 cm³/mol. The number of hydrogen-bond acceptors (Lipinski definition) is 5. The van der Waals surface area contributed by atoms with E-state index in [0.717, 1.165) is 34.0 Å². The Kier molecular flexibility index (Phi) is 3.34. The van der Waals surface area contributed by atoms with E-state index < -0.39 is 0 Å². The Morgan fingerprint density at radius 1 is 1.00 bits per heavy atom. The molecule has 1 aliphatic heterocycles. The molecule has 6 heteroatoms. The first-order chi connectivity index (χ1) is 11.3. The lowest BCUT2D eigenvalue weighted by Gasteiger charge is -2.19. The summed E-state index contributed by atoms with van der Waals surface area (Å²) in [7, 11) is 0. The van der Waals surface area contributed by atoms with Crippen molar-refractivity contribution in [3.63, 3.8) is 0 Å². The van der Waals surface area contributed by atoms with Crippen molar-refractivity contribution in [2.75, 3.05) is 18.9 Å². The second-order valence-electron chi connectivity index (χ2n) is 5.38. The molecular weight excluding hydrogens is 292 g/mol. The lowest BCUT2D eigenvalue weighted by Crippen LogP contribution is -2.15. The quantitative estimate of drug-likeness (QED) is 0.752. The summed E-state index contributed by atoms with van der Waals surface area (Å²) in [5.41, 5.74) is 9.51. The molecule has 0 bridgehead atoms. The second kappa shape index (κ2) is 5.64. The number of anilines is 1. The van der Waals surface area contributed by atoms with Gasteiger partial charge in [0.25, 0.3) is 0 Å². The summed E-state index contributed by atoms with van der Waals surface area (Å²) in [4.78, 5) is 0. The average molecular weight is 308 g/mol. The van der Waals surface area contributed by atoms with Gasteiger partial charge in [0.1, 0.15) is 13.2 Å². The molecule has 0 unspecified atom stereocenters. The summed E-state index contributed by atoms with van der Waals surface area (Å²) in [6, 6.07) is 13.6. The van der Waals surface area contributed by atoms with Gasteiger partial charge >= 0.3 is 0 Å². The van der Waals surface area contributed by atoms with Crippen molar-refractivity contribution in [2.24, 2.45) is 0 Å². The van der Waals surface area contributed by atoms with Crippen LogP contribution < -0.4 is 15.2 Å². The summed E-state index contributed by atoms with van der Waals surface area (Å²) in [5.74, 6) is 1.53. The summed E-state index contributed by atoms with van der Waals surface area (Å²) in [6.45, 7) is 1.78. The first kappa shape index (κ1) is 13.6. The Morgan fingerprint density at radius 2 is 1.78 bits per heavy atom. The van der Waals surface area contributed by atoms with E-state index in [1.165, 1.54) is 0 Å². The van der Waals surface area contributed by atoms with Crippen molar-refractivity contribution in [1.82, 2.24) is 15.0 Å². The summed E-state index contributed by atoms with van der Waals surface area (Å²) < 4.78 is 13.1. The van der Waals surface area contributed by atoms with Crippen molar-refractivity contribution in [3.8, 4) is 22.8 Å². The molecule has 1 aliphatic rings. The summed E-state index contributed by atoms with van der Waals surface area (Å²) >= 11 is 0. The van der Waals surface area contributed by atoms with Crippen LogP contribution in [0.2, 0.25) is 0 Å². The predicted octanol–water partition coefficient (Wildman–Crippen LogP) is 2.35. The van der Waals surface area contributed by atoms with Gasteiger partial charge in [-0.1, -0.05) is 17.3 Å². The molecule has 2 N–H and O–H groups in total. The molecule has 0 saturated carbocycles. The number of nitrogen functional groups attached to an aromatic ring is 1. The third-order valence-electron chi connectivity index (χ3n) is 3.77. The standard InChI is InChI=1S/C17H16N4O2/c18-14-4-1-12(2-5-14)11-21-15(10-19-20-21)13-3-6-16-17(9-13)23-8-7-22-16/h1-6,9-10H,7-8,11,18H2. The molecular formula is C17H16N4O2. The van der Waals surface area contributed by atoms with Crippen LogP contribution in [0.5, 0.6) is 11.5 Å². The molecule has 4 rings (SSSR count). The largest absolute Gasteiger partial charge is 0.486 e. The Hall–Kier alpha value is -3.02. The first-order valence-corrected chi connectivity index (χ1v) is 7.42. The van der Waals surface area contributed by atoms with Crippen molar-refractivity contribution in [1.29, 1.82) is 0 Å². The monoisotopic (exact) mass is 308 g/mol. The maximum absolute atomic E-state index is 5.73. The summed E-state index contributed by atoms with van der Waals surface area (Å²) in [6.07, 6.45) is 1.75. The van der Waals surface area contributed by atoms with E-state index in [4.69, 9.17) is 15.2 Å². The van der Waals surface area contributed by atoms with Crippen LogP contribution in [0.1, 0.15) is 5.56 Å². The van der Waals surface area contributed by atoms with Crippen LogP contribution in [0.3, 0.4) is 0 Å². The molecule has 0 atom stereocenters. The Morgan fingerprint density at radius 3 is 2.61 bits per heavy atom. The van der Waals surface area contributed by atoms with E-state index in [9.17, 15) is 0 Å². The molecule has 2 heterocycles. The van der Waals surface area contributed by atoms with Crippen molar-refractivity contribution in [2.45, 2.75) is 6.54 Å². The minimum atomic E-state index is 0.569. The molecule has 23 heavy (non-hydrogen) atoms. The summed E-state index contributed by atoms with van der Waals surface area (Å²) in [5, 5.41) is 8.23. The number of rotatable bonds is 3. The highest BCUT2D eigenvalue weighted by Gasteiger charge is 2.14. The molecule has 0 aliphatic carbocycles. The Balaban J connectivity index is 1.65. The van der Waals surface area contributed by atoms with E-state index in [1.807, 2.05) is 47.1 Å². The fraction of sp³-hybridized carbons (Fsp3) is 0.176. The van der Waals surface area contributed by atoms with Gasteiger partial charge < -0.3 is 15.2 Å². The molecule has 0 radical (unpaired) electrons. The molecule has 0 amide bonds. The Bertz CT molecular complexity index is 827. The third-order valence-corrected chi connectivity index (χ3v) is 3.77. The highest BCUT2D eigenvalue weighted by molar-refractivity contribution is 5.63. The van der Waals surface area contributed by atoms with Crippen LogP contribution in [0.25, 0.3) is 11.3 Å². The van der Waals surface area contributed by atoms with Crippen LogP contribution in [0.15, 0.2) is 48.7 Å². The lowest BCUT2D eigenvalue weighted by atomic mass is 10.1. The number of nitrogens with zero attached hydrogens (tertiary/aromatic N) is 3. The van der Waals surface area contributed by atoms with Gasteiger partial charge in [-0.05, 0) is 35.9 Å². The number of nitrogens with two attached hydrogens (primary N) is 1. The van der Waals surface area contributed by atoms with Gasteiger partial charge in [-0.2, -0.15) is 0 Å². The van der Waals surface area contributed by atoms with Gasteiger partial charge in [-0.3, -0.25) is 0 Å². The van der Waals surface area contributed by atoms with E-state index in [2.05, 4.69) is 10.3 Å². The van der Waals surface area contributed by atoms with Crippen molar-refractivity contribution >= 4 is 5.69 Å². The molecule has 2 aromatic carbocycles. The van der Waals surface area contributed by atoms with Crippen LogP contribution in [-0.2, 0) is 6.54 Å².